The highest BCUT2D eigenvalue weighted by molar-refractivity contribution is 9.10. The number of halogens is 1. The van der Waals surface area contributed by atoms with Crippen LogP contribution in [0.2, 0.25) is 0 Å². The van der Waals surface area contributed by atoms with Gasteiger partial charge in [-0.05, 0) is 47.0 Å². The fraction of sp³-hybridized carbons (Fsp3) is 0.308. The smallest absolute Gasteiger partial charge is 0.174 e. The fourth-order valence-corrected chi connectivity index (χ4v) is 2.29. The molecule has 2 rings (SSSR count). The van der Waals surface area contributed by atoms with E-state index in [1.807, 2.05) is 19.9 Å². The highest BCUT2D eigenvalue weighted by atomic mass is 79.9. The molecule has 1 aromatic carbocycles. The Hall–Kier alpha value is -1.49. The van der Waals surface area contributed by atoms with E-state index in [9.17, 15) is 0 Å². The molecule has 0 aliphatic rings. The van der Waals surface area contributed by atoms with Crippen LogP contribution in [0.1, 0.15) is 11.1 Å². The molecule has 1 aromatic heterocycles. The van der Waals surface area contributed by atoms with Crippen molar-refractivity contribution in [1.82, 2.24) is 9.97 Å². The third kappa shape index (κ3) is 2.10. The van der Waals surface area contributed by atoms with Crippen LogP contribution in [0.15, 0.2) is 17.0 Å². The van der Waals surface area contributed by atoms with Crippen LogP contribution in [0.5, 0.6) is 11.5 Å². The van der Waals surface area contributed by atoms with Crippen LogP contribution in [0.4, 0.5) is 0 Å². The molecule has 0 fully saturated rings. The molecule has 0 atom stereocenters. The van der Waals surface area contributed by atoms with E-state index in [0.29, 0.717) is 4.73 Å². The van der Waals surface area contributed by atoms with E-state index in [1.54, 1.807) is 20.4 Å². The molecule has 18 heavy (non-hydrogen) atoms. The van der Waals surface area contributed by atoms with Gasteiger partial charge < -0.3 is 14.5 Å². The Bertz CT molecular complexity index is 579. The van der Waals surface area contributed by atoms with Crippen LogP contribution in [0, 0.1) is 13.8 Å². The second kappa shape index (κ2) is 5.02. The Morgan fingerprint density at radius 2 is 1.89 bits per heavy atom. The number of aromatic amines is 1. The Kier molecular flexibility index (Phi) is 3.61. The van der Waals surface area contributed by atoms with Crippen molar-refractivity contribution in [3.63, 3.8) is 0 Å². The molecular formula is C13H15BrN2O2. The van der Waals surface area contributed by atoms with Gasteiger partial charge in [0.05, 0.1) is 26.1 Å². The number of H-pyrrole nitrogens is 1. The number of aromatic nitrogens is 2. The molecule has 0 amide bonds. The fourth-order valence-electron chi connectivity index (χ4n) is 1.97. The lowest BCUT2D eigenvalue weighted by atomic mass is 10.0. The van der Waals surface area contributed by atoms with Crippen molar-refractivity contribution in [3.8, 4) is 22.8 Å². The number of imidazole rings is 1. The molecule has 0 aliphatic carbocycles. The molecule has 1 heterocycles. The zero-order valence-corrected chi connectivity index (χ0v) is 12.4. The molecule has 0 spiro atoms. The lowest BCUT2D eigenvalue weighted by Gasteiger charge is -2.15. The van der Waals surface area contributed by atoms with Crippen LogP contribution < -0.4 is 9.47 Å². The summed E-state index contributed by atoms with van der Waals surface area (Å²) in [5.41, 5.74) is 3.98. The van der Waals surface area contributed by atoms with Gasteiger partial charge in [-0.1, -0.05) is 0 Å². The summed E-state index contributed by atoms with van der Waals surface area (Å²) >= 11 is 3.31. The maximum absolute atomic E-state index is 5.50. The first-order valence-electron chi connectivity index (χ1n) is 5.51. The molecule has 0 radical (unpaired) electrons. The van der Waals surface area contributed by atoms with E-state index in [1.165, 1.54) is 0 Å². The van der Waals surface area contributed by atoms with Gasteiger partial charge in [-0.2, -0.15) is 0 Å². The molecule has 4 nitrogen and oxygen atoms in total. The Balaban J connectivity index is 2.69. The van der Waals surface area contributed by atoms with Gasteiger partial charge in [-0.15, -0.1) is 0 Å². The molecule has 2 aromatic rings. The SMILES string of the molecule is COc1cc(-c2cnc(Br)[nH]2)c(OC)c(C)c1C. The van der Waals surface area contributed by atoms with Crippen LogP contribution in [-0.4, -0.2) is 24.2 Å². The van der Waals surface area contributed by atoms with Gasteiger partial charge in [0.15, 0.2) is 4.73 Å². The third-order valence-corrected chi connectivity index (χ3v) is 3.45. The number of rotatable bonds is 3. The van der Waals surface area contributed by atoms with Gasteiger partial charge in [-0.3, -0.25) is 0 Å². The normalized spacial score (nSPS) is 10.5. The van der Waals surface area contributed by atoms with Gasteiger partial charge >= 0.3 is 0 Å². The zero-order valence-electron chi connectivity index (χ0n) is 10.8. The van der Waals surface area contributed by atoms with Gasteiger partial charge in [0.2, 0.25) is 0 Å². The van der Waals surface area contributed by atoms with Gasteiger partial charge in [0.1, 0.15) is 11.5 Å². The summed E-state index contributed by atoms with van der Waals surface area (Å²) in [6.07, 6.45) is 1.76. The van der Waals surface area contributed by atoms with Crippen molar-refractivity contribution in [1.29, 1.82) is 0 Å². The highest BCUT2D eigenvalue weighted by Crippen LogP contribution is 2.38. The topological polar surface area (TPSA) is 47.1 Å². The Labute approximate surface area is 114 Å². The average Bonchev–Trinajstić information content (AvgIpc) is 2.79. The quantitative estimate of drug-likeness (QED) is 0.944. The Morgan fingerprint density at radius 3 is 2.39 bits per heavy atom. The van der Waals surface area contributed by atoms with Gasteiger partial charge in [0.25, 0.3) is 0 Å². The molecule has 1 N–H and O–H groups in total. The van der Waals surface area contributed by atoms with Gasteiger partial charge in [-0.25, -0.2) is 4.98 Å². The average molecular weight is 311 g/mol. The molecule has 0 unspecified atom stereocenters. The minimum absolute atomic E-state index is 0.691. The van der Waals surface area contributed by atoms with Crippen LogP contribution in [0.3, 0.4) is 0 Å². The number of methoxy groups -OCH3 is 2. The molecule has 0 bridgehead atoms. The van der Waals surface area contributed by atoms with E-state index < -0.39 is 0 Å². The molecular weight excluding hydrogens is 296 g/mol. The summed E-state index contributed by atoms with van der Waals surface area (Å²) in [4.78, 5) is 7.28. The van der Waals surface area contributed by atoms with Gasteiger partial charge in [0, 0.05) is 5.56 Å². The second-order valence-corrected chi connectivity index (χ2v) is 4.75. The van der Waals surface area contributed by atoms with E-state index in [4.69, 9.17) is 9.47 Å². The van der Waals surface area contributed by atoms with Crippen molar-refractivity contribution in [2.45, 2.75) is 13.8 Å². The monoisotopic (exact) mass is 310 g/mol. The van der Waals surface area contributed by atoms with Crippen LogP contribution in [-0.2, 0) is 0 Å². The predicted molar refractivity (Wildman–Crippen MR) is 74.3 cm³/mol. The molecule has 5 heteroatoms. The summed E-state index contributed by atoms with van der Waals surface area (Å²) in [7, 11) is 3.34. The summed E-state index contributed by atoms with van der Waals surface area (Å²) in [5, 5.41) is 0. The maximum Gasteiger partial charge on any atom is 0.174 e. The summed E-state index contributed by atoms with van der Waals surface area (Å²) < 4.78 is 11.6. The summed E-state index contributed by atoms with van der Waals surface area (Å²) in [6.45, 7) is 4.04. The Morgan fingerprint density at radius 1 is 1.17 bits per heavy atom. The number of hydrogen-bond acceptors (Lipinski definition) is 3. The minimum Gasteiger partial charge on any atom is -0.496 e. The number of nitrogens with zero attached hydrogens (tertiary/aromatic N) is 1. The maximum atomic E-state index is 5.50. The first-order chi connectivity index (χ1) is 8.58. The first-order valence-corrected chi connectivity index (χ1v) is 6.30. The van der Waals surface area contributed by atoms with Crippen molar-refractivity contribution >= 4 is 15.9 Å². The van der Waals surface area contributed by atoms with Crippen molar-refractivity contribution in [2.24, 2.45) is 0 Å². The first kappa shape index (κ1) is 13.0. The van der Waals surface area contributed by atoms with Crippen molar-refractivity contribution in [2.75, 3.05) is 14.2 Å². The van der Waals surface area contributed by atoms with Crippen molar-refractivity contribution < 1.29 is 9.47 Å². The zero-order chi connectivity index (χ0) is 13.3. The van der Waals surface area contributed by atoms with Crippen LogP contribution in [0.25, 0.3) is 11.3 Å². The van der Waals surface area contributed by atoms with E-state index in [-0.39, 0.29) is 0 Å². The molecule has 0 aliphatic heterocycles. The van der Waals surface area contributed by atoms with E-state index >= 15 is 0 Å². The predicted octanol–water partition coefficient (Wildman–Crippen LogP) is 3.47. The molecule has 0 saturated heterocycles. The third-order valence-electron chi connectivity index (χ3n) is 3.05. The number of benzene rings is 1. The number of hydrogen-bond donors (Lipinski definition) is 1. The van der Waals surface area contributed by atoms with E-state index in [0.717, 1.165) is 33.9 Å². The molecule has 96 valence electrons. The molecule has 0 saturated carbocycles. The standard InChI is InChI=1S/C13H15BrN2O2/c1-7-8(2)12(18-4)9(5-11(7)17-3)10-6-15-13(14)16-10/h5-6H,1-4H3,(H,15,16). The second-order valence-electron chi connectivity index (χ2n) is 4.00. The minimum atomic E-state index is 0.691. The lowest BCUT2D eigenvalue weighted by Crippen LogP contribution is -1.97. The summed E-state index contributed by atoms with van der Waals surface area (Å²) in [6, 6.07) is 1.96. The van der Waals surface area contributed by atoms with Crippen LogP contribution >= 0.6 is 15.9 Å². The lowest BCUT2D eigenvalue weighted by molar-refractivity contribution is 0.399. The number of ether oxygens (including phenoxy) is 2. The highest BCUT2D eigenvalue weighted by Gasteiger charge is 2.16. The largest absolute Gasteiger partial charge is 0.496 e. The summed E-state index contributed by atoms with van der Waals surface area (Å²) in [5.74, 6) is 1.68. The van der Waals surface area contributed by atoms with E-state index in [2.05, 4.69) is 25.9 Å². The van der Waals surface area contributed by atoms with Crippen molar-refractivity contribution in [3.05, 3.63) is 28.1 Å². The number of nitrogens with one attached hydrogen (secondary N) is 1.